The van der Waals surface area contributed by atoms with Gasteiger partial charge in [0, 0.05) is 31.1 Å². The number of rotatable bonds is 11. The summed E-state index contributed by atoms with van der Waals surface area (Å²) >= 11 is 5.97. The molecule has 1 fully saturated rings. The number of carbonyl (C=O) groups excluding carboxylic acids is 3. The highest BCUT2D eigenvalue weighted by atomic mass is 35.5. The number of piperazine rings is 1. The number of carbonyl (C=O) groups is 3. The largest absolute Gasteiger partial charge is 0.352 e. The second-order valence-electron chi connectivity index (χ2n) is 10.2. The van der Waals surface area contributed by atoms with Gasteiger partial charge in [-0.2, -0.15) is 0 Å². The van der Waals surface area contributed by atoms with Gasteiger partial charge in [0.15, 0.2) is 0 Å². The number of fused-ring (bicyclic) bond motifs is 1. The summed E-state index contributed by atoms with van der Waals surface area (Å²) in [6, 6.07) is 18.6. The van der Waals surface area contributed by atoms with Crippen LogP contribution in [0.25, 0.3) is 10.8 Å². The maximum Gasteiger partial charge on any atom is 0.246 e. The molecule has 4 rings (SSSR count). The summed E-state index contributed by atoms with van der Waals surface area (Å²) in [6.07, 6.45) is 1.71. The predicted molar refractivity (Wildman–Crippen MR) is 156 cm³/mol. The molecule has 1 saturated heterocycles. The molecular weight excluding hydrogens is 531 g/mol. The maximum atomic E-state index is 13.9. The average Bonchev–Trinajstić information content (AvgIpc) is 2.96. The van der Waals surface area contributed by atoms with E-state index in [2.05, 4.69) is 5.32 Å². The maximum absolute atomic E-state index is 13.9. The Labute approximate surface area is 239 Å². The van der Waals surface area contributed by atoms with Crippen LogP contribution in [-0.4, -0.2) is 72.0 Å². The molecule has 9 heteroatoms. The highest BCUT2D eigenvalue weighted by Gasteiger charge is 2.42. The molecule has 3 N–H and O–H groups in total. The summed E-state index contributed by atoms with van der Waals surface area (Å²) in [5.41, 5.74) is 8.09. The summed E-state index contributed by atoms with van der Waals surface area (Å²) in [5, 5.41) is 5.33. The zero-order valence-corrected chi connectivity index (χ0v) is 23.4. The second kappa shape index (κ2) is 13.7. The molecule has 0 radical (unpaired) electrons. The van der Waals surface area contributed by atoms with Crippen molar-refractivity contribution in [2.45, 2.75) is 50.7 Å². The first-order valence-electron chi connectivity index (χ1n) is 13.7. The molecule has 0 saturated carbocycles. The molecule has 0 bridgehead atoms. The number of hydrogen-bond donors (Lipinski definition) is 2. The number of nitrogens with zero attached hydrogens (tertiary/aromatic N) is 2. The van der Waals surface area contributed by atoms with Gasteiger partial charge in [-0.3, -0.25) is 14.4 Å². The van der Waals surface area contributed by atoms with Crippen molar-refractivity contribution < 1.29 is 18.8 Å². The monoisotopic (exact) mass is 566 g/mol. The SMILES string of the molecule is CCCC1C(=O)N([C@@H](Cc2ccc3ccccc3c2)C(=O)NCCF)CCN1C(=O)[C@H](N)Cc1ccc(Cl)cc1. The lowest BCUT2D eigenvalue weighted by molar-refractivity contribution is -0.156. The van der Waals surface area contributed by atoms with Crippen LogP contribution in [-0.2, 0) is 27.2 Å². The molecule has 3 aromatic rings. The number of amides is 3. The van der Waals surface area contributed by atoms with Gasteiger partial charge in [-0.05, 0) is 46.9 Å². The summed E-state index contributed by atoms with van der Waals surface area (Å²) in [4.78, 5) is 43.7. The van der Waals surface area contributed by atoms with Crippen molar-refractivity contribution in [2.24, 2.45) is 5.73 Å². The molecule has 1 aliphatic heterocycles. The van der Waals surface area contributed by atoms with E-state index in [1.54, 1.807) is 21.9 Å². The van der Waals surface area contributed by atoms with E-state index < -0.39 is 30.7 Å². The van der Waals surface area contributed by atoms with Crippen LogP contribution in [0.15, 0.2) is 66.7 Å². The molecule has 3 aromatic carbocycles. The minimum atomic E-state index is -0.834. The molecule has 3 amide bonds. The van der Waals surface area contributed by atoms with Crippen molar-refractivity contribution >= 4 is 40.1 Å². The van der Waals surface area contributed by atoms with E-state index in [1.165, 1.54) is 0 Å². The molecule has 1 heterocycles. The number of nitrogens with one attached hydrogen (secondary N) is 1. The fraction of sp³-hybridized carbons (Fsp3) is 0.387. The van der Waals surface area contributed by atoms with E-state index in [0.717, 1.165) is 21.9 Å². The molecule has 0 spiro atoms. The molecule has 40 heavy (non-hydrogen) atoms. The van der Waals surface area contributed by atoms with Gasteiger partial charge in [-0.1, -0.05) is 79.5 Å². The van der Waals surface area contributed by atoms with E-state index in [1.807, 2.05) is 61.5 Å². The smallest absolute Gasteiger partial charge is 0.246 e. The molecule has 212 valence electrons. The highest BCUT2D eigenvalue weighted by molar-refractivity contribution is 6.30. The normalized spacial score (nSPS) is 17.1. The highest BCUT2D eigenvalue weighted by Crippen LogP contribution is 2.23. The van der Waals surface area contributed by atoms with Crippen LogP contribution < -0.4 is 11.1 Å². The number of alkyl halides is 1. The zero-order valence-electron chi connectivity index (χ0n) is 22.7. The zero-order chi connectivity index (χ0) is 28.6. The van der Waals surface area contributed by atoms with Crippen molar-refractivity contribution in [1.29, 1.82) is 0 Å². The van der Waals surface area contributed by atoms with Crippen LogP contribution in [0.3, 0.4) is 0 Å². The topological polar surface area (TPSA) is 95.7 Å². The first-order chi connectivity index (χ1) is 19.3. The quantitative estimate of drug-likeness (QED) is 0.368. The number of hydrogen-bond acceptors (Lipinski definition) is 4. The Bertz CT molecular complexity index is 1340. The summed E-state index contributed by atoms with van der Waals surface area (Å²) in [5.74, 6) is -0.996. The van der Waals surface area contributed by atoms with E-state index in [4.69, 9.17) is 17.3 Å². The Morgan fingerprint density at radius 3 is 2.42 bits per heavy atom. The van der Waals surface area contributed by atoms with Gasteiger partial charge in [-0.25, -0.2) is 4.39 Å². The molecule has 7 nitrogen and oxygen atoms in total. The average molecular weight is 567 g/mol. The van der Waals surface area contributed by atoms with Crippen molar-refractivity contribution in [3.63, 3.8) is 0 Å². The standard InChI is InChI=1S/C31H36ClFN4O3/c1-2-5-27-31(40)37(17-16-36(27)30(39)26(34)19-21-9-12-25(32)13-10-21)28(29(38)35-15-14-33)20-22-8-11-23-6-3-4-7-24(23)18-22/h3-4,6-13,18,26-28H,2,5,14-17,19-20,34H2,1H3,(H,35,38)/t26-,27?,28+/m1/s1. The first-order valence-corrected chi connectivity index (χ1v) is 14.1. The Balaban J connectivity index is 1.55. The Morgan fingerprint density at radius 1 is 1.02 bits per heavy atom. The van der Waals surface area contributed by atoms with Gasteiger partial charge < -0.3 is 20.9 Å². The molecule has 0 aliphatic carbocycles. The fourth-order valence-corrected chi connectivity index (χ4v) is 5.45. The number of halogens is 2. The van der Waals surface area contributed by atoms with Crippen molar-refractivity contribution in [1.82, 2.24) is 15.1 Å². The minimum absolute atomic E-state index is 0.127. The van der Waals surface area contributed by atoms with Crippen LogP contribution in [0.5, 0.6) is 0 Å². The van der Waals surface area contributed by atoms with Crippen molar-refractivity contribution in [3.8, 4) is 0 Å². The second-order valence-corrected chi connectivity index (χ2v) is 10.6. The van der Waals surface area contributed by atoms with Gasteiger partial charge in [0.05, 0.1) is 6.04 Å². The third-order valence-electron chi connectivity index (χ3n) is 7.37. The first kappa shape index (κ1) is 29.5. The lowest BCUT2D eigenvalue weighted by Crippen LogP contribution is -2.65. The van der Waals surface area contributed by atoms with Gasteiger partial charge in [0.1, 0.15) is 18.8 Å². The Morgan fingerprint density at radius 2 is 1.73 bits per heavy atom. The Hall–Kier alpha value is -3.49. The van der Waals surface area contributed by atoms with Crippen molar-refractivity contribution in [2.75, 3.05) is 26.3 Å². The Kier molecular flexibility index (Phi) is 10.1. The van der Waals surface area contributed by atoms with Crippen LogP contribution in [0, 0.1) is 0 Å². The predicted octanol–water partition coefficient (Wildman–Crippen LogP) is 3.90. The van der Waals surface area contributed by atoms with Crippen LogP contribution in [0.2, 0.25) is 5.02 Å². The molecule has 0 aromatic heterocycles. The summed E-state index contributed by atoms with van der Waals surface area (Å²) in [7, 11) is 0. The third-order valence-corrected chi connectivity index (χ3v) is 7.62. The molecule has 1 aliphatic rings. The van der Waals surface area contributed by atoms with E-state index >= 15 is 0 Å². The minimum Gasteiger partial charge on any atom is -0.352 e. The lowest BCUT2D eigenvalue weighted by atomic mass is 9.96. The van der Waals surface area contributed by atoms with Gasteiger partial charge in [-0.15, -0.1) is 0 Å². The fourth-order valence-electron chi connectivity index (χ4n) is 5.33. The van der Waals surface area contributed by atoms with Gasteiger partial charge in [0.25, 0.3) is 0 Å². The molecular formula is C31H36ClFN4O3. The van der Waals surface area contributed by atoms with Crippen LogP contribution in [0.4, 0.5) is 4.39 Å². The molecule has 1 unspecified atom stereocenters. The number of nitrogens with two attached hydrogens (primary N) is 1. The van der Waals surface area contributed by atoms with Crippen molar-refractivity contribution in [3.05, 3.63) is 82.9 Å². The molecule has 3 atom stereocenters. The van der Waals surface area contributed by atoms with Gasteiger partial charge >= 0.3 is 0 Å². The van der Waals surface area contributed by atoms with E-state index in [0.29, 0.717) is 24.3 Å². The third kappa shape index (κ3) is 6.98. The van der Waals surface area contributed by atoms with Crippen LogP contribution in [0.1, 0.15) is 30.9 Å². The van der Waals surface area contributed by atoms with Gasteiger partial charge in [0.2, 0.25) is 17.7 Å². The van der Waals surface area contributed by atoms with Crippen LogP contribution >= 0.6 is 11.6 Å². The number of benzene rings is 3. The summed E-state index contributed by atoms with van der Waals surface area (Å²) in [6.45, 7) is 1.56. The van der Waals surface area contributed by atoms with E-state index in [9.17, 15) is 18.8 Å². The van der Waals surface area contributed by atoms with E-state index in [-0.39, 0.29) is 37.9 Å². The lowest BCUT2D eigenvalue weighted by Gasteiger charge is -2.44. The summed E-state index contributed by atoms with van der Waals surface area (Å²) < 4.78 is 12.9.